The monoisotopic (exact) mass is 717 g/mol. The Balaban J connectivity index is 1.42. The van der Waals surface area contributed by atoms with E-state index in [0.717, 1.165) is 27.6 Å². The van der Waals surface area contributed by atoms with Crippen LogP contribution in [0, 0.1) is 0 Å². The Morgan fingerprint density at radius 2 is 1.69 bits per heavy atom. The third-order valence-corrected chi connectivity index (χ3v) is 7.33. The lowest BCUT2D eigenvalue weighted by Gasteiger charge is -2.10. The number of hydrazone groups is 1. The fraction of sp³-hybridized carbons (Fsp3) is 0.0333. The van der Waals surface area contributed by atoms with Crippen LogP contribution in [0.5, 0.6) is 5.75 Å². The van der Waals surface area contributed by atoms with Crippen LogP contribution in [0.1, 0.15) is 32.0 Å². The zero-order valence-corrected chi connectivity index (χ0v) is 25.0. The Hall–Kier alpha value is -3.93. The molecule has 1 aromatic heterocycles. The van der Waals surface area contributed by atoms with E-state index in [1.54, 1.807) is 18.2 Å². The van der Waals surface area contributed by atoms with Gasteiger partial charge in [-0.05, 0) is 54.1 Å². The number of fused-ring (bicyclic) bond motifs is 1. The molecule has 0 saturated carbocycles. The molecule has 0 aliphatic carbocycles. The molecule has 0 spiro atoms. The van der Waals surface area contributed by atoms with Crippen LogP contribution in [0.4, 0.5) is 13.2 Å². The first kappa shape index (κ1) is 29.6. The van der Waals surface area contributed by atoms with E-state index in [4.69, 9.17) is 16.3 Å². The van der Waals surface area contributed by atoms with Crippen molar-refractivity contribution >= 4 is 72.5 Å². The number of hydrogen-bond acceptors (Lipinski definition) is 4. The Morgan fingerprint density at radius 1 is 0.929 bits per heavy atom. The molecule has 5 rings (SSSR count). The van der Waals surface area contributed by atoms with Crippen molar-refractivity contribution in [1.82, 2.24) is 10.4 Å². The Labute approximate surface area is 258 Å². The summed E-state index contributed by atoms with van der Waals surface area (Å²) in [6, 6.07) is 21.4. The molecule has 5 aromatic rings. The molecule has 2 N–H and O–H groups in total. The Bertz CT molecular complexity index is 1860. The topological polar surface area (TPSA) is 83.5 Å². The van der Waals surface area contributed by atoms with E-state index < -0.39 is 23.6 Å². The van der Waals surface area contributed by atoms with Crippen LogP contribution < -0.4 is 10.2 Å². The van der Waals surface area contributed by atoms with Gasteiger partial charge in [0.25, 0.3) is 5.91 Å². The third-order valence-electron chi connectivity index (χ3n) is 6.08. The number of nitrogens with zero attached hydrogens (tertiary/aromatic N) is 1. The van der Waals surface area contributed by atoms with Crippen molar-refractivity contribution in [3.05, 3.63) is 121 Å². The molecule has 42 heavy (non-hydrogen) atoms. The normalized spacial score (nSPS) is 11.7. The van der Waals surface area contributed by atoms with Crippen LogP contribution in [0.2, 0.25) is 5.02 Å². The van der Waals surface area contributed by atoms with Crippen LogP contribution in [-0.4, -0.2) is 23.1 Å². The molecule has 212 valence electrons. The molecule has 0 bridgehead atoms. The van der Waals surface area contributed by atoms with Crippen molar-refractivity contribution in [2.24, 2.45) is 5.10 Å². The largest absolute Gasteiger partial charge is 0.422 e. The summed E-state index contributed by atoms with van der Waals surface area (Å²) < 4.78 is 46.0. The highest BCUT2D eigenvalue weighted by atomic mass is 79.9. The lowest BCUT2D eigenvalue weighted by molar-refractivity contribution is -0.137. The number of amides is 1. The van der Waals surface area contributed by atoms with Gasteiger partial charge in [-0.3, -0.25) is 4.79 Å². The van der Waals surface area contributed by atoms with Gasteiger partial charge in [-0.15, -0.1) is 0 Å². The van der Waals surface area contributed by atoms with Gasteiger partial charge in [0.2, 0.25) is 0 Å². The van der Waals surface area contributed by atoms with Gasteiger partial charge in [-0.25, -0.2) is 10.2 Å². The van der Waals surface area contributed by atoms with Crippen LogP contribution in [0.3, 0.4) is 0 Å². The summed E-state index contributed by atoms with van der Waals surface area (Å²) in [5, 5.41) is 5.19. The maximum atomic E-state index is 13.3. The maximum absolute atomic E-state index is 13.3. The number of hydrogen-bond donors (Lipinski definition) is 2. The van der Waals surface area contributed by atoms with Crippen molar-refractivity contribution in [3.8, 4) is 16.9 Å². The smallest absolute Gasteiger partial charge is 0.416 e. The van der Waals surface area contributed by atoms with E-state index in [-0.39, 0.29) is 22.6 Å². The zero-order valence-electron chi connectivity index (χ0n) is 21.1. The summed E-state index contributed by atoms with van der Waals surface area (Å²) in [6.07, 6.45) is -3.36. The SMILES string of the molecule is O=C(Oc1ccc(Br)cc1C=NNC(=O)c1[nH]c2c(Cl)cc(Br)cc2c1-c1ccccc1)c1cccc(C(F)(F)F)c1. The van der Waals surface area contributed by atoms with E-state index in [2.05, 4.69) is 47.4 Å². The van der Waals surface area contributed by atoms with Crippen LogP contribution in [-0.2, 0) is 6.18 Å². The number of alkyl halides is 3. The number of rotatable bonds is 6. The van der Waals surface area contributed by atoms with Crippen LogP contribution in [0.15, 0.2) is 99.0 Å². The summed E-state index contributed by atoms with van der Waals surface area (Å²) in [5.41, 5.74) is 3.70. The van der Waals surface area contributed by atoms with Gasteiger partial charge in [0.1, 0.15) is 11.4 Å². The number of carbonyl (C=O) groups excluding carboxylic acids is 2. The van der Waals surface area contributed by atoms with Crippen LogP contribution in [0.25, 0.3) is 22.0 Å². The van der Waals surface area contributed by atoms with Gasteiger partial charge < -0.3 is 9.72 Å². The number of aromatic amines is 1. The number of carbonyl (C=O) groups is 2. The summed E-state index contributed by atoms with van der Waals surface area (Å²) in [4.78, 5) is 29.1. The minimum absolute atomic E-state index is 0.0193. The first-order valence-electron chi connectivity index (χ1n) is 12.1. The second kappa shape index (κ2) is 12.1. The number of nitrogens with one attached hydrogen (secondary N) is 2. The molecule has 0 aliphatic heterocycles. The lowest BCUT2D eigenvalue weighted by atomic mass is 10.0. The molecule has 0 saturated heterocycles. The summed E-state index contributed by atoms with van der Waals surface area (Å²) in [6.45, 7) is 0. The van der Waals surface area contributed by atoms with Crippen molar-refractivity contribution < 1.29 is 27.5 Å². The van der Waals surface area contributed by atoms with Gasteiger partial charge in [0, 0.05) is 25.5 Å². The van der Waals surface area contributed by atoms with Crippen molar-refractivity contribution in [1.29, 1.82) is 0 Å². The highest BCUT2D eigenvalue weighted by Crippen LogP contribution is 2.37. The summed E-state index contributed by atoms with van der Waals surface area (Å²) >= 11 is 13.2. The maximum Gasteiger partial charge on any atom is 0.416 e. The van der Waals surface area contributed by atoms with E-state index in [0.29, 0.717) is 26.6 Å². The van der Waals surface area contributed by atoms with Crippen molar-refractivity contribution in [3.63, 3.8) is 0 Å². The molecule has 0 fully saturated rings. The average Bonchev–Trinajstić information content (AvgIpc) is 3.34. The highest BCUT2D eigenvalue weighted by molar-refractivity contribution is 9.10. The molecule has 0 radical (unpaired) electrons. The summed E-state index contributed by atoms with van der Waals surface area (Å²) in [5.74, 6) is -1.53. The minimum atomic E-state index is -4.61. The first-order chi connectivity index (χ1) is 20.0. The molecule has 0 unspecified atom stereocenters. The number of halogens is 6. The minimum Gasteiger partial charge on any atom is -0.422 e. The molecule has 1 heterocycles. The zero-order chi connectivity index (χ0) is 30.0. The molecular formula is C30H17Br2ClF3N3O3. The molecule has 1 amide bonds. The lowest BCUT2D eigenvalue weighted by Crippen LogP contribution is -2.19. The molecule has 12 heteroatoms. The number of H-pyrrole nitrogens is 1. The van der Waals surface area contributed by atoms with Gasteiger partial charge >= 0.3 is 12.1 Å². The predicted octanol–water partition coefficient (Wildman–Crippen LogP) is 9.02. The third kappa shape index (κ3) is 6.43. The molecule has 4 aromatic carbocycles. The second-order valence-corrected chi connectivity index (χ2v) is 11.1. The van der Waals surface area contributed by atoms with Gasteiger partial charge in [0.15, 0.2) is 0 Å². The Morgan fingerprint density at radius 3 is 2.43 bits per heavy atom. The fourth-order valence-electron chi connectivity index (χ4n) is 4.21. The van der Waals surface area contributed by atoms with Crippen molar-refractivity contribution in [2.75, 3.05) is 0 Å². The number of esters is 1. The molecule has 0 atom stereocenters. The van der Waals surface area contributed by atoms with Gasteiger partial charge in [-0.1, -0.05) is 79.9 Å². The summed E-state index contributed by atoms with van der Waals surface area (Å²) in [7, 11) is 0. The second-order valence-electron chi connectivity index (χ2n) is 8.90. The average molecular weight is 720 g/mol. The van der Waals surface area contributed by atoms with Gasteiger partial charge in [0.05, 0.1) is 27.9 Å². The molecular weight excluding hydrogens is 703 g/mol. The van der Waals surface area contributed by atoms with E-state index in [1.807, 2.05) is 36.4 Å². The van der Waals surface area contributed by atoms with E-state index >= 15 is 0 Å². The molecule has 6 nitrogen and oxygen atoms in total. The fourth-order valence-corrected chi connectivity index (χ4v) is 5.44. The Kier molecular flexibility index (Phi) is 8.53. The van der Waals surface area contributed by atoms with E-state index in [9.17, 15) is 22.8 Å². The number of ether oxygens (including phenoxy) is 1. The van der Waals surface area contributed by atoms with Gasteiger partial charge in [-0.2, -0.15) is 18.3 Å². The number of aromatic nitrogens is 1. The number of benzene rings is 4. The standard InChI is InChI=1S/C30H17Br2ClF3N3O3/c31-20-9-10-24(42-29(41)17-7-4-8-19(11-17)30(34,35)36)18(12-20)15-37-39-28(40)27-25(16-5-2-1-3-6-16)22-13-21(32)14-23(33)26(22)38-27/h1-15,38H,(H,39,40). The van der Waals surface area contributed by atoms with Crippen LogP contribution >= 0.6 is 43.5 Å². The first-order valence-corrected chi connectivity index (χ1v) is 14.1. The van der Waals surface area contributed by atoms with E-state index in [1.165, 1.54) is 18.3 Å². The molecule has 0 aliphatic rings. The van der Waals surface area contributed by atoms with Crippen molar-refractivity contribution in [2.45, 2.75) is 6.18 Å². The predicted molar refractivity (Wildman–Crippen MR) is 162 cm³/mol. The highest BCUT2D eigenvalue weighted by Gasteiger charge is 2.31. The quantitative estimate of drug-likeness (QED) is 0.0796.